The van der Waals surface area contributed by atoms with Gasteiger partial charge in [0.05, 0.1) is 17.7 Å². The summed E-state index contributed by atoms with van der Waals surface area (Å²) >= 11 is 0. The zero-order chi connectivity index (χ0) is 13.9. The number of hydrogen-bond acceptors (Lipinski definition) is 5. The number of pyridine rings is 1. The number of carboxylic acid groups (broad SMARTS) is 1. The Balaban J connectivity index is 3.26. The van der Waals surface area contributed by atoms with E-state index in [4.69, 9.17) is 16.1 Å². The van der Waals surface area contributed by atoms with Crippen LogP contribution < -0.4 is 10.5 Å². The maximum absolute atomic E-state index is 12.1. The summed E-state index contributed by atoms with van der Waals surface area (Å²) in [7, 11) is 0. The van der Waals surface area contributed by atoms with Crippen LogP contribution in [0.1, 0.15) is 11.3 Å². The number of halogens is 3. The molecule has 0 amide bonds. The van der Waals surface area contributed by atoms with Gasteiger partial charge in [0.25, 0.3) is 0 Å². The molecule has 96 valence electrons. The lowest BCUT2D eigenvalue weighted by molar-refractivity contribution is -0.275. The number of nitriles is 1. The van der Waals surface area contributed by atoms with Crippen LogP contribution in [0, 0.1) is 11.3 Å². The first-order chi connectivity index (χ1) is 8.23. The number of nitrogens with zero attached hydrogens (tertiary/aromatic N) is 2. The molecular weight excluding hydrogens is 255 g/mol. The van der Waals surface area contributed by atoms with E-state index in [2.05, 4.69) is 9.72 Å². The van der Waals surface area contributed by atoms with E-state index in [1.165, 1.54) is 6.07 Å². The Kier molecular flexibility index (Phi) is 3.61. The number of nitrogen functional groups attached to an aromatic ring is 1. The van der Waals surface area contributed by atoms with E-state index >= 15 is 0 Å². The number of carboxylic acids is 1. The molecule has 9 heteroatoms. The maximum atomic E-state index is 12.1. The van der Waals surface area contributed by atoms with Crippen LogP contribution >= 0.6 is 0 Å². The second-order valence-corrected chi connectivity index (χ2v) is 3.10. The standard InChI is InChI=1S/C9H6F3N3O3/c10-9(11,12)18-6-1-4(3-13)8(14)15-5(6)2-7(16)17/h1H,2H2,(H2,14,15)(H,16,17). The summed E-state index contributed by atoms with van der Waals surface area (Å²) in [4.78, 5) is 13.9. The summed E-state index contributed by atoms with van der Waals surface area (Å²) < 4.78 is 39.8. The third kappa shape index (κ3) is 3.51. The number of rotatable bonds is 3. The van der Waals surface area contributed by atoms with Gasteiger partial charge in [-0.25, -0.2) is 4.98 Å². The molecule has 0 fully saturated rings. The number of aromatic nitrogens is 1. The van der Waals surface area contributed by atoms with Gasteiger partial charge in [-0.2, -0.15) is 5.26 Å². The highest BCUT2D eigenvalue weighted by Crippen LogP contribution is 2.28. The van der Waals surface area contributed by atoms with Crippen molar-refractivity contribution in [2.75, 3.05) is 5.73 Å². The predicted octanol–water partition coefficient (Wildman–Crippen LogP) is 1.06. The van der Waals surface area contributed by atoms with Crippen LogP contribution in [0.4, 0.5) is 19.0 Å². The van der Waals surface area contributed by atoms with Crippen molar-refractivity contribution in [1.29, 1.82) is 5.26 Å². The van der Waals surface area contributed by atoms with E-state index in [9.17, 15) is 18.0 Å². The fourth-order valence-corrected chi connectivity index (χ4v) is 1.12. The van der Waals surface area contributed by atoms with E-state index in [0.717, 1.165) is 0 Å². The zero-order valence-corrected chi connectivity index (χ0v) is 8.65. The van der Waals surface area contributed by atoms with Gasteiger partial charge in [0.15, 0.2) is 5.75 Å². The Morgan fingerprint density at radius 1 is 1.61 bits per heavy atom. The zero-order valence-electron chi connectivity index (χ0n) is 8.65. The van der Waals surface area contributed by atoms with Crippen molar-refractivity contribution in [3.63, 3.8) is 0 Å². The lowest BCUT2D eigenvalue weighted by Gasteiger charge is -2.12. The second kappa shape index (κ2) is 4.79. The summed E-state index contributed by atoms with van der Waals surface area (Å²) in [5, 5.41) is 17.1. The van der Waals surface area contributed by atoms with Gasteiger partial charge in [-0.15, -0.1) is 13.2 Å². The topological polar surface area (TPSA) is 109 Å². The van der Waals surface area contributed by atoms with Crippen LogP contribution in [0.5, 0.6) is 5.75 Å². The van der Waals surface area contributed by atoms with Crippen molar-refractivity contribution in [3.05, 3.63) is 17.3 Å². The monoisotopic (exact) mass is 261 g/mol. The molecule has 0 unspecified atom stereocenters. The molecule has 1 aromatic rings. The molecule has 0 saturated heterocycles. The van der Waals surface area contributed by atoms with E-state index in [-0.39, 0.29) is 11.4 Å². The molecule has 1 aromatic heterocycles. The third-order valence-electron chi connectivity index (χ3n) is 1.76. The minimum Gasteiger partial charge on any atom is -0.481 e. The van der Waals surface area contributed by atoms with Crippen molar-refractivity contribution in [2.45, 2.75) is 12.8 Å². The first-order valence-corrected chi connectivity index (χ1v) is 4.40. The molecule has 0 aliphatic rings. The van der Waals surface area contributed by atoms with Crippen LogP contribution in [0.15, 0.2) is 6.07 Å². The van der Waals surface area contributed by atoms with Crippen LogP contribution in [-0.4, -0.2) is 22.4 Å². The second-order valence-electron chi connectivity index (χ2n) is 3.10. The minimum absolute atomic E-state index is 0.330. The van der Waals surface area contributed by atoms with Crippen molar-refractivity contribution in [2.24, 2.45) is 0 Å². The molecule has 0 spiro atoms. The number of alkyl halides is 3. The van der Waals surface area contributed by atoms with Gasteiger partial charge < -0.3 is 15.6 Å². The quantitative estimate of drug-likeness (QED) is 0.841. The average Bonchev–Trinajstić information content (AvgIpc) is 2.19. The summed E-state index contributed by atoms with van der Waals surface area (Å²) in [6, 6.07) is 2.22. The molecule has 0 radical (unpaired) electrons. The van der Waals surface area contributed by atoms with Gasteiger partial charge in [-0.1, -0.05) is 0 Å². The molecule has 6 nitrogen and oxygen atoms in total. The molecule has 1 heterocycles. The Bertz CT molecular complexity index is 522. The highest BCUT2D eigenvalue weighted by atomic mass is 19.4. The SMILES string of the molecule is N#Cc1cc(OC(F)(F)F)c(CC(=O)O)nc1N. The molecular formula is C9H6F3N3O3. The van der Waals surface area contributed by atoms with Crippen LogP contribution in [0.2, 0.25) is 0 Å². The Morgan fingerprint density at radius 3 is 2.67 bits per heavy atom. The number of anilines is 1. The Morgan fingerprint density at radius 2 is 2.22 bits per heavy atom. The van der Waals surface area contributed by atoms with Gasteiger partial charge in [-0.05, 0) is 0 Å². The highest BCUT2D eigenvalue weighted by Gasteiger charge is 2.33. The molecule has 3 N–H and O–H groups in total. The van der Waals surface area contributed by atoms with E-state index in [1.807, 2.05) is 0 Å². The molecule has 18 heavy (non-hydrogen) atoms. The molecule has 0 atom stereocenters. The third-order valence-corrected chi connectivity index (χ3v) is 1.76. The van der Waals surface area contributed by atoms with Crippen molar-refractivity contribution < 1.29 is 27.8 Å². The lowest BCUT2D eigenvalue weighted by atomic mass is 10.2. The van der Waals surface area contributed by atoms with E-state index < -0.39 is 30.2 Å². The highest BCUT2D eigenvalue weighted by molar-refractivity contribution is 5.71. The van der Waals surface area contributed by atoms with Crippen LogP contribution in [0.3, 0.4) is 0 Å². The summed E-state index contributed by atoms with van der Waals surface area (Å²) in [5.41, 5.74) is 4.44. The molecule has 0 saturated carbocycles. The molecule has 0 aliphatic carbocycles. The maximum Gasteiger partial charge on any atom is 0.573 e. The smallest absolute Gasteiger partial charge is 0.481 e. The number of hydrogen-bond donors (Lipinski definition) is 2. The first-order valence-electron chi connectivity index (χ1n) is 4.40. The van der Waals surface area contributed by atoms with Gasteiger partial charge in [0, 0.05) is 6.07 Å². The largest absolute Gasteiger partial charge is 0.573 e. The molecule has 0 aliphatic heterocycles. The van der Waals surface area contributed by atoms with Gasteiger partial charge in [0.1, 0.15) is 11.9 Å². The summed E-state index contributed by atoms with van der Waals surface area (Å²) in [6.07, 6.45) is -5.82. The molecule has 0 bridgehead atoms. The van der Waals surface area contributed by atoms with Gasteiger partial charge in [0.2, 0.25) is 0 Å². The lowest BCUT2D eigenvalue weighted by Crippen LogP contribution is -2.20. The number of nitrogens with two attached hydrogens (primary N) is 1. The fourth-order valence-electron chi connectivity index (χ4n) is 1.12. The Hall–Kier alpha value is -2.50. The minimum atomic E-state index is -5.02. The summed E-state index contributed by atoms with van der Waals surface area (Å²) in [6.45, 7) is 0. The van der Waals surface area contributed by atoms with E-state index in [0.29, 0.717) is 6.07 Å². The van der Waals surface area contributed by atoms with Crippen molar-refractivity contribution in [1.82, 2.24) is 4.98 Å². The van der Waals surface area contributed by atoms with Crippen LogP contribution in [-0.2, 0) is 11.2 Å². The first kappa shape index (κ1) is 13.6. The van der Waals surface area contributed by atoms with Gasteiger partial charge in [-0.3, -0.25) is 4.79 Å². The number of carbonyl (C=O) groups is 1. The van der Waals surface area contributed by atoms with Crippen molar-refractivity contribution in [3.8, 4) is 11.8 Å². The Labute approximate surface area is 98.4 Å². The van der Waals surface area contributed by atoms with Gasteiger partial charge >= 0.3 is 12.3 Å². The van der Waals surface area contributed by atoms with Crippen molar-refractivity contribution >= 4 is 11.8 Å². The number of ether oxygens (including phenoxy) is 1. The molecule has 1 rings (SSSR count). The normalized spacial score (nSPS) is 10.8. The van der Waals surface area contributed by atoms with Crippen LogP contribution in [0.25, 0.3) is 0 Å². The fraction of sp³-hybridized carbons (Fsp3) is 0.222. The molecule has 0 aromatic carbocycles. The number of aliphatic carboxylic acids is 1. The predicted molar refractivity (Wildman–Crippen MR) is 51.4 cm³/mol. The summed E-state index contributed by atoms with van der Waals surface area (Å²) in [5.74, 6) is -2.61. The average molecular weight is 261 g/mol. The van der Waals surface area contributed by atoms with E-state index in [1.54, 1.807) is 0 Å².